The molecule has 364 valence electrons. The lowest BCUT2D eigenvalue weighted by molar-refractivity contribution is 0.660. The zero-order valence-corrected chi connectivity index (χ0v) is 43.7. The van der Waals surface area contributed by atoms with Crippen LogP contribution in [0.15, 0.2) is 249 Å². The average molecular weight is 1010 g/mol. The lowest BCUT2D eigenvalue weighted by atomic mass is 9.70. The summed E-state index contributed by atoms with van der Waals surface area (Å²) in [6.07, 6.45) is 2.02. The van der Waals surface area contributed by atoms with Crippen LogP contribution in [-0.2, 0) is 10.8 Å². The monoisotopic (exact) mass is 1010 g/mol. The molecule has 11 aromatic carbocycles. The lowest BCUT2D eigenvalue weighted by Gasteiger charge is -2.30. The standard InChI is InChI=1S/C74H47N3S/c1-73(2)60-25-10-6-20-52(60)56-34-30-49(41-64(56)73)72-75-43-69-71(76-72)59-40-47(32-37-68(59)78-69)45-18-14-19-48(38-45)51-24-15-29-67-70(51)58-39-46(44-16-4-3-5-17-44)31-36-66(58)77(67)50-33-35-57-55-23-9-13-28-63(55)74(65(57)42-50)61-26-11-7-21-53(61)54-22-8-12-27-62(54)74/h3-43H,1-2H3. The van der Waals surface area contributed by atoms with Gasteiger partial charge in [-0.1, -0.05) is 202 Å². The summed E-state index contributed by atoms with van der Waals surface area (Å²) in [7, 11) is 0. The number of thiophene rings is 1. The molecule has 0 bridgehead atoms. The second-order valence-electron chi connectivity index (χ2n) is 22.0. The SMILES string of the molecule is CC1(C)c2ccccc2-c2ccc(-c3ncc4sc5ccc(-c6cccc(-c7cccc8c7c7cc(-c9ccccc9)ccc7n8-c7ccc8c(c7)C7(c9ccccc9-c9ccccc97)c7ccccc7-8)c6)cc5c4n3)cc21. The van der Waals surface area contributed by atoms with Crippen LogP contribution in [-0.4, -0.2) is 14.5 Å². The van der Waals surface area contributed by atoms with Crippen molar-refractivity contribution in [3.05, 3.63) is 282 Å². The van der Waals surface area contributed by atoms with Crippen molar-refractivity contribution in [3.63, 3.8) is 0 Å². The summed E-state index contributed by atoms with van der Waals surface area (Å²) in [6.45, 7) is 4.65. The minimum Gasteiger partial charge on any atom is -0.309 e. The highest BCUT2D eigenvalue weighted by Crippen LogP contribution is 2.63. The van der Waals surface area contributed by atoms with Crippen molar-refractivity contribution in [1.29, 1.82) is 0 Å². The Balaban J connectivity index is 0.819. The van der Waals surface area contributed by atoms with Gasteiger partial charge in [-0.3, -0.25) is 0 Å². The van der Waals surface area contributed by atoms with Crippen LogP contribution in [0.5, 0.6) is 0 Å². The predicted molar refractivity (Wildman–Crippen MR) is 325 cm³/mol. The van der Waals surface area contributed by atoms with Crippen LogP contribution >= 0.6 is 11.3 Å². The fourth-order valence-electron chi connectivity index (χ4n) is 14.2. The van der Waals surface area contributed by atoms with E-state index < -0.39 is 5.41 Å². The Morgan fingerprint density at radius 3 is 1.67 bits per heavy atom. The normalized spacial score (nSPS) is 14.0. The molecule has 3 aromatic heterocycles. The summed E-state index contributed by atoms with van der Waals surface area (Å²) in [5.74, 6) is 0.755. The van der Waals surface area contributed by atoms with Gasteiger partial charge in [-0.2, -0.15) is 0 Å². The van der Waals surface area contributed by atoms with E-state index in [-0.39, 0.29) is 5.41 Å². The molecule has 0 fully saturated rings. The molecule has 14 aromatic rings. The first-order chi connectivity index (χ1) is 38.4. The van der Waals surface area contributed by atoms with Gasteiger partial charge in [0.15, 0.2) is 5.82 Å². The molecule has 3 aliphatic carbocycles. The van der Waals surface area contributed by atoms with Gasteiger partial charge in [0.1, 0.15) is 0 Å². The molecule has 0 amide bonds. The van der Waals surface area contributed by atoms with E-state index in [1.807, 2.05) is 6.20 Å². The summed E-state index contributed by atoms with van der Waals surface area (Å²) in [6, 6.07) is 90.8. The molecule has 0 radical (unpaired) electrons. The molecule has 0 aliphatic heterocycles. The Kier molecular flexibility index (Phi) is 8.99. The summed E-state index contributed by atoms with van der Waals surface area (Å²) in [5, 5.41) is 3.61. The summed E-state index contributed by atoms with van der Waals surface area (Å²) in [5.41, 5.74) is 28.0. The third-order valence-electron chi connectivity index (χ3n) is 17.7. The van der Waals surface area contributed by atoms with Crippen molar-refractivity contribution < 1.29 is 0 Å². The minimum atomic E-state index is -0.444. The highest BCUT2D eigenvalue weighted by Gasteiger charge is 2.51. The van der Waals surface area contributed by atoms with Crippen molar-refractivity contribution in [3.8, 4) is 83.8 Å². The van der Waals surface area contributed by atoms with E-state index in [1.165, 1.54) is 116 Å². The Bertz CT molecular complexity index is 4830. The third kappa shape index (κ3) is 5.93. The van der Waals surface area contributed by atoms with Crippen LogP contribution in [0.25, 0.3) is 126 Å². The van der Waals surface area contributed by atoms with Gasteiger partial charge in [-0.25, -0.2) is 9.97 Å². The molecule has 0 saturated heterocycles. The number of hydrogen-bond donors (Lipinski definition) is 0. The molecule has 0 N–H and O–H groups in total. The van der Waals surface area contributed by atoms with Gasteiger partial charge in [0, 0.05) is 43.7 Å². The van der Waals surface area contributed by atoms with Crippen LogP contribution in [0.2, 0.25) is 0 Å². The maximum absolute atomic E-state index is 5.34. The first-order valence-electron chi connectivity index (χ1n) is 27.0. The van der Waals surface area contributed by atoms with Crippen LogP contribution in [0.1, 0.15) is 47.2 Å². The molecule has 78 heavy (non-hydrogen) atoms. The second kappa shape index (κ2) is 16.0. The molecule has 3 nitrogen and oxygen atoms in total. The van der Waals surface area contributed by atoms with Crippen molar-refractivity contribution in [1.82, 2.24) is 14.5 Å². The van der Waals surface area contributed by atoms with Crippen molar-refractivity contribution in [2.75, 3.05) is 0 Å². The topological polar surface area (TPSA) is 30.7 Å². The van der Waals surface area contributed by atoms with Gasteiger partial charge in [-0.15, -0.1) is 11.3 Å². The molecule has 0 atom stereocenters. The molecule has 17 rings (SSSR count). The average Bonchev–Trinajstić information content (AvgIpc) is 4.45. The van der Waals surface area contributed by atoms with Gasteiger partial charge < -0.3 is 4.57 Å². The molecule has 1 spiro atoms. The number of aromatic nitrogens is 3. The number of benzene rings is 11. The van der Waals surface area contributed by atoms with Crippen molar-refractivity contribution in [2.45, 2.75) is 24.7 Å². The smallest absolute Gasteiger partial charge is 0.159 e. The van der Waals surface area contributed by atoms with Crippen LogP contribution in [0.3, 0.4) is 0 Å². The maximum atomic E-state index is 5.34. The number of hydrogen-bond acceptors (Lipinski definition) is 3. The number of rotatable bonds is 5. The highest BCUT2D eigenvalue weighted by molar-refractivity contribution is 7.25. The largest absolute Gasteiger partial charge is 0.309 e. The van der Waals surface area contributed by atoms with Crippen molar-refractivity contribution in [2.24, 2.45) is 0 Å². The quantitative estimate of drug-likeness (QED) is 0.172. The highest BCUT2D eigenvalue weighted by atomic mass is 32.1. The van der Waals surface area contributed by atoms with Crippen molar-refractivity contribution >= 4 is 53.4 Å². The molecule has 4 heteroatoms. The summed E-state index contributed by atoms with van der Waals surface area (Å²) < 4.78 is 4.81. The Labute approximate surface area is 456 Å². The minimum absolute atomic E-state index is 0.103. The molecular formula is C74H47N3S. The summed E-state index contributed by atoms with van der Waals surface area (Å²) >= 11 is 1.76. The van der Waals surface area contributed by atoms with Gasteiger partial charge >= 0.3 is 0 Å². The van der Waals surface area contributed by atoms with Crippen LogP contribution in [0.4, 0.5) is 0 Å². The summed E-state index contributed by atoms with van der Waals surface area (Å²) in [4.78, 5) is 10.3. The molecular weight excluding hydrogens is 963 g/mol. The lowest BCUT2D eigenvalue weighted by Crippen LogP contribution is -2.26. The Hall–Kier alpha value is -9.48. The molecule has 0 unspecified atom stereocenters. The van der Waals surface area contributed by atoms with Gasteiger partial charge in [0.25, 0.3) is 0 Å². The zero-order chi connectivity index (χ0) is 51.4. The van der Waals surface area contributed by atoms with E-state index in [0.717, 1.165) is 43.8 Å². The zero-order valence-electron chi connectivity index (χ0n) is 42.9. The molecule has 0 saturated carbocycles. The van der Waals surface area contributed by atoms with E-state index in [1.54, 1.807) is 11.3 Å². The second-order valence-corrected chi connectivity index (χ2v) is 23.1. The van der Waals surface area contributed by atoms with Crippen LogP contribution in [0, 0.1) is 0 Å². The van der Waals surface area contributed by atoms with E-state index in [9.17, 15) is 0 Å². The van der Waals surface area contributed by atoms with E-state index in [0.29, 0.717) is 0 Å². The molecule has 3 heterocycles. The van der Waals surface area contributed by atoms with Crippen LogP contribution < -0.4 is 0 Å². The first-order valence-corrected chi connectivity index (χ1v) is 27.9. The van der Waals surface area contributed by atoms with E-state index in [4.69, 9.17) is 9.97 Å². The van der Waals surface area contributed by atoms with E-state index in [2.05, 4.69) is 261 Å². The Morgan fingerprint density at radius 2 is 0.910 bits per heavy atom. The Morgan fingerprint density at radius 1 is 0.359 bits per heavy atom. The molecule has 3 aliphatic rings. The fourth-order valence-corrected chi connectivity index (χ4v) is 15.2. The number of nitrogens with zero attached hydrogens (tertiary/aromatic N) is 3. The maximum Gasteiger partial charge on any atom is 0.159 e. The fraction of sp³-hybridized carbons (Fsp3) is 0.0541. The van der Waals surface area contributed by atoms with Gasteiger partial charge in [0.05, 0.1) is 26.7 Å². The van der Waals surface area contributed by atoms with Gasteiger partial charge in [-0.05, 0) is 155 Å². The van der Waals surface area contributed by atoms with Gasteiger partial charge in [0.2, 0.25) is 0 Å². The number of fused-ring (bicyclic) bond motifs is 19. The predicted octanol–water partition coefficient (Wildman–Crippen LogP) is 19.3. The third-order valence-corrected chi connectivity index (χ3v) is 18.8. The van der Waals surface area contributed by atoms with E-state index >= 15 is 0 Å². The first kappa shape index (κ1) is 43.7.